The summed E-state index contributed by atoms with van der Waals surface area (Å²) in [5, 5.41) is 2.19. The van der Waals surface area contributed by atoms with Gasteiger partial charge in [-0.15, -0.1) is 11.3 Å². The average Bonchev–Trinajstić information content (AvgIpc) is 2.39. The molecule has 0 aromatic carbocycles. The molecule has 0 bridgehead atoms. The second-order valence-electron chi connectivity index (χ2n) is 1.86. The van der Waals surface area contributed by atoms with Crippen molar-refractivity contribution in [3.63, 3.8) is 0 Å². The van der Waals surface area contributed by atoms with Gasteiger partial charge in [-0.2, -0.15) is 8.42 Å². The molecular formula is C6H9NaO3S2. The molecule has 0 aliphatic carbocycles. The Kier molecular flexibility index (Phi) is 5.43. The summed E-state index contributed by atoms with van der Waals surface area (Å²) in [6, 6.07) is 3.36. The molecule has 0 spiro atoms. The van der Waals surface area contributed by atoms with Gasteiger partial charge in [0.25, 0.3) is 0 Å². The Morgan fingerprint density at radius 2 is 2.33 bits per heavy atom. The van der Waals surface area contributed by atoms with Crippen molar-refractivity contribution in [2.45, 2.75) is 6.92 Å². The van der Waals surface area contributed by atoms with Crippen LogP contribution in [0.5, 0.6) is 5.06 Å². The van der Waals surface area contributed by atoms with Gasteiger partial charge >= 0.3 is 39.7 Å². The van der Waals surface area contributed by atoms with Crippen LogP contribution in [0.15, 0.2) is 17.5 Å². The second-order valence-corrected chi connectivity index (χ2v) is 4.63. The number of rotatable bonds is 3. The van der Waals surface area contributed by atoms with Crippen molar-refractivity contribution in [1.82, 2.24) is 0 Å². The van der Waals surface area contributed by atoms with Crippen LogP contribution in [-0.2, 0) is 10.1 Å². The molecule has 6 heteroatoms. The van der Waals surface area contributed by atoms with E-state index in [4.69, 9.17) is 0 Å². The first-order chi connectivity index (χ1) is 5.14. The Bertz CT molecular complexity index is 309. The van der Waals surface area contributed by atoms with Gasteiger partial charge in [0.1, 0.15) is 0 Å². The Morgan fingerprint density at radius 1 is 1.67 bits per heavy atom. The van der Waals surface area contributed by atoms with E-state index in [0.717, 1.165) is 0 Å². The van der Waals surface area contributed by atoms with E-state index in [2.05, 4.69) is 4.18 Å². The van der Waals surface area contributed by atoms with Crippen molar-refractivity contribution < 1.29 is 43.6 Å². The molecule has 1 heterocycles. The fourth-order valence-corrected chi connectivity index (χ4v) is 1.84. The first-order valence-electron chi connectivity index (χ1n) is 3.10. The number of hydrogen-bond acceptors (Lipinski definition) is 4. The average molecular weight is 216 g/mol. The van der Waals surface area contributed by atoms with Gasteiger partial charge in [0.2, 0.25) is 0 Å². The molecule has 3 nitrogen and oxygen atoms in total. The van der Waals surface area contributed by atoms with Crippen LogP contribution in [0, 0.1) is 0 Å². The summed E-state index contributed by atoms with van der Waals surface area (Å²) in [4.78, 5) is 0. The van der Waals surface area contributed by atoms with Crippen molar-refractivity contribution in [3.8, 4) is 5.06 Å². The van der Waals surface area contributed by atoms with Gasteiger partial charge in [0.05, 0.1) is 5.75 Å². The minimum atomic E-state index is -3.33. The third-order valence-electron chi connectivity index (χ3n) is 1.06. The van der Waals surface area contributed by atoms with E-state index in [-0.39, 0.29) is 36.7 Å². The predicted octanol–water partition coefficient (Wildman–Crippen LogP) is -1.41. The zero-order chi connectivity index (χ0) is 8.32. The first kappa shape index (κ1) is 12.4. The third-order valence-corrected chi connectivity index (χ3v) is 3.05. The molecule has 1 aromatic heterocycles. The monoisotopic (exact) mass is 216 g/mol. The standard InChI is InChI=1S/C6H8O3S2.Na.H/c1-2-11(7,8)9-6-4-3-5-10-6;;/h3-5H,2H2,1H3;;/q;+1;-1. The van der Waals surface area contributed by atoms with Crippen LogP contribution in [0.25, 0.3) is 0 Å². The fraction of sp³-hybridized carbons (Fsp3) is 0.333. The van der Waals surface area contributed by atoms with E-state index in [0.29, 0.717) is 5.06 Å². The predicted molar refractivity (Wildman–Crippen MR) is 45.5 cm³/mol. The molecule has 0 fully saturated rings. The fourth-order valence-electron chi connectivity index (χ4n) is 0.495. The van der Waals surface area contributed by atoms with Crippen molar-refractivity contribution in [2.75, 3.05) is 5.75 Å². The van der Waals surface area contributed by atoms with Gasteiger partial charge < -0.3 is 5.61 Å². The Morgan fingerprint density at radius 3 is 2.75 bits per heavy atom. The molecule has 0 aliphatic rings. The SMILES string of the molecule is CCS(=O)(=O)Oc1cccs1.[H-].[Na+]. The normalized spacial score (nSPS) is 10.4. The van der Waals surface area contributed by atoms with Crippen molar-refractivity contribution >= 4 is 21.5 Å². The third kappa shape index (κ3) is 3.91. The molecule has 1 aromatic rings. The van der Waals surface area contributed by atoms with E-state index in [1.807, 2.05) is 0 Å². The molecule has 12 heavy (non-hydrogen) atoms. The van der Waals surface area contributed by atoms with Crippen LogP contribution < -0.4 is 33.7 Å². The van der Waals surface area contributed by atoms with Crippen LogP contribution in [0.4, 0.5) is 0 Å². The maximum absolute atomic E-state index is 10.9. The molecule has 0 unspecified atom stereocenters. The molecule has 0 radical (unpaired) electrons. The summed E-state index contributed by atoms with van der Waals surface area (Å²) in [7, 11) is -3.33. The zero-order valence-electron chi connectivity index (χ0n) is 7.98. The van der Waals surface area contributed by atoms with Crippen LogP contribution in [0.3, 0.4) is 0 Å². The van der Waals surface area contributed by atoms with Gasteiger partial charge in [-0.05, 0) is 24.4 Å². The van der Waals surface area contributed by atoms with Crippen LogP contribution in [0.2, 0.25) is 0 Å². The first-order valence-corrected chi connectivity index (χ1v) is 5.55. The van der Waals surface area contributed by atoms with Crippen LogP contribution >= 0.6 is 11.3 Å². The Labute approximate surface area is 99.6 Å². The van der Waals surface area contributed by atoms with E-state index in [9.17, 15) is 8.42 Å². The van der Waals surface area contributed by atoms with Gasteiger partial charge in [-0.1, -0.05) is 0 Å². The van der Waals surface area contributed by atoms with Crippen LogP contribution in [-0.4, -0.2) is 14.2 Å². The van der Waals surface area contributed by atoms with E-state index in [1.54, 1.807) is 24.4 Å². The molecule has 0 atom stereocenters. The molecule has 0 aliphatic heterocycles. The quantitative estimate of drug-likeness (QED) is 0.461. The molecule has 0 saturated heterocycles. The molecule has 0 N–H and O–H groups in total. The van der Waals surface area contributed by atoms with Crippen molar-refractivity contribution in [2.24, 2.45) is 0 Å². The smallest absolute Gasteiger partial charge is 1.00 e. The topological polar surface area (TPSA) is 43.4 Å². The zero-order valence-corrected chi connectivity index (χ0v) is 10.6. The molecular weight excluding hydrogens is 207 g/mol. The molecule has 0 saturated carbocycles. The Hall–Kier alpha value is 0.450. The summed E-state index contributed by atoms with van der Waals surface area (Å²) < 4.78 is 26.4. The summed E-state index contributed by atoms with van der Waals surface area (Å²) in [5.74, 6) is 0.00486. The summed E-state index contributed by atoms with van der Waals surface area (Å²) in [5.41, 5.74) is 0. The summed E-state index contributed by atoms with van der Waals surface area (Å²) in [6.07, 6.45) is 0. The maximum atomic E-state index is 10.9. The maximum Gasteiger partial charge on any atom is 1.00 e. The van der Waals surface area contributed by atoms with Gasteiger partial charge in [-0.3, -0.25) is 0 Å². The number of hydrogen-bond donors (Lipinski definition) is 0. The van der Waals surface area contributed by atoms with Gasteiger partial charge in [-0.25, -0.2) is 0 Å². The van der Waals surface area contributed by atoms with E-state index >= 15 is 0 Å². The summed E-state index contributed by atoms with van der Waals surface area (Å²) >= 11 is 1.26. The summed E-state index contributed by atoms with van der Waals surface area (Å²) in [6.45, 7) is 1.54. The second kappa shape index (κ2) is 5.24. The van der Waals surface area contributed by atoms with E-state index in [1.165, 1.54) is 11.3 Å². The minimum absolute atomic E-state index is 0. The van der Waals surface area contributed by atoms with E-state index < -0.39 is 10.1 Å². The largest absolute Gasteiger partial charge is 1.00 e. The van der Waals surface area contributed by atoms with Gasteiger partial charge in [0, 0.05) is 0 Å². The van der Waals surface area contributed by atoms with Crippen LogP contribution in [0.1, 0.15) is 8.35 Å². The number of thiophene rings is 1. The molecule has 64 valence electrons. The molecule has 0 amide bonds. The minimum Gasteiger partial charge on any atom is -1.00 e. The van der Waals surface area contributed by atoms with Crippen molar-refractivity contribution in [3.05, 3.63) is 17.5 Å². The van der Waals surface area contributed by atoms with Gasteiger partial charge in [0.15, 0.2) is 5.06 Å². The Balaban J connectivity index is 0. The molecule has 1 rings (SSSR count). The van der Waals surface area contributed by atoms with Crippen molar-refractivity contribution in [1.29, 1.82) is 0 Å².